The zero-order chi connectivity index (χ0) is 14.0. The van der Waals surface area contributed by atoms with Gasteiger partial charge in [-0.05, 0) is 30.9 Å². The average molecular weight is 260 g/mol. The molecule has 0 spiro atoms. The van der Waals surface area contributed by atoms with Crippen LogP contribution in [-0.2, 0) is 4.79 Å². The van der Waals surface area contributed by atoms with E-state index in [2.05, 4.69) is 51.2 Å². The second-order valence-electron chi connectivity index (χ2n) is 5.70. The van der Waals surface area contributed by atoms with Gasteiger partial charge in [0.25, 0.3) is 0 Å². The van der Waals surface area contributed by atoms with Gasteiger partial charge in [0.2, 0.25) is 5.91 Å². The SMILES string of the molecule is CCC(C)CN1C(=O)CNC1c1ccc(C)cc1C. The molecule has 1 saturated heterocycles. The summed E-state index contributed by atoms with van der Waals surface area (Å²) in [6, 6.07) is 6.44. The minimum absolute atomic E-state index is 0.0436. The maximum absolute atomic E-state index is 12.1. The molecule has 2 rings (SSSR count). The fourth-order valence-electron chi connectivity index (χ4n) is 2.62. The van der Waals surface area contributed by atoms with Gasteiger partial charge in [0, 0.05) is 6.54 Å². The van der Waals surface area contributed by atoms with E-state index < -0.39 is 0 Å². The van der Waals surface area contributed by atoms with Crippen LogP contribution in [0.1, 0.15) is 43.1 Å². The van der Waals surface area contributed by atoms with E-state index in [-0.39, 0.29) is 12.1 Å². The van der Waals surface area contributed by atoms with Gasteiger partial charge in [-0.1, -0.05) is 44.0 Å². The number of hydrogen-bond acceptors (Lipinski definition) is 2. The molecular weight excluding hydrogens is 236 g/mol. The second-order valence-corrected chi connectivity index (χ2v) is 5.70. The van der Waals surface area contributed by atoms with Gasteiger partial charge < -0.3 is 4.90 Å². The normalized spacial score (nSPS) is 20.9. The molecule has 3 heteroatoms. The van der Waals surface area contributed by atoms with Gasteiger partial charge in [-0.3, -0.25) is 10.1 Å². The van der Waals surface area contributed by atoms with Crippen molar-refractivity contribution in [1.29, 1.82) is 0 Å². The van der Waals surface area contributed by atoms with Gasteiger partial charge >= 0.3 is 0 Å². The lowest BCUT2D eigenvalue weighted by Gasteiger charge is -2.28. The summed E-state index contributed by atoms with van der Waals surface area (Å²) in [5, 5.41) is 3.34. The fourth-order valence-corrected chi connectivity index (χ4v) is 2.62. The maximum Gasteiger partial charge on any atom is 0.238 e. The molecule has 1 aliphatic heterocycles. The van der Waals surface area contributed by atoms with Crippen molar-refractivity contribution in [2.75, 3.05) is 13.1 Å². The molecule has 104 valence electrons. The maximum atomic E-state index is 12.1. The lowest BCUT2D eigenvalue weighted by atomic mass is 10.0. The van der Waals surface area contributed by atoms with Crippen LogP contribution in [0.3, 0.4) is 0 Å². The molecular formula is C16H24N2O. The van der Waals surface area contributed by atoms with Crippen LogP contribution in [0.15, 0.2) is 18.2 Å². The van der Waals surface area contributed by atoms with Gasteiger partial charge in [0.05, 0.1) is 6.54 Å². The highest BCUT2D eigenvalue weighted by molar-refractivity contribution is 5.81. The van der Waals surface area contributed by atoms with E-state index in [1.54, 1.807) is 0 Å². The van der Waals surface area contributed by atoms with Crippen molar-refractivity contribution < 1.29 is 4.79 Å². The van der Waals surface area contributed by atoms with E-state index in [1.165, 1.54) is 16.7 Å². The van der Waals surface area contributed by atoms with Crippen molar-refractivity contribution in [2.45, 2.75) is 40.3 Å². The molecule has 3 nitrogen and oxygen atoms in total. The highest BCUT2D eigenvalue weighted by Gasteiger charge is 2.32. The molecule has 0 saturated carbocycles. The number of nitrogens with zero attached hydrogens (tertiary/aromatic N) is 1. The third-order valence-electron chi connectivity index (χ3n) is 4.00. The first-order chi connectivity index (χ1) is 9.02. The molecule has 2 atom stereocenters. The summed E-state index contributed by atoms with van der Waals surface area (Å²) in [6.07, 6.45) is 1.14. The Balaban J connectivity index is 2.24. The average Bonchev–Trinajstić information content (AvgIpc) is 2.71. The second kappa shape index (κ2) is 5.74. The van der Waals surface area contributed by atoms with E-state index >= 15 is 0 Å². The zero-order valence-corrected chi connectivity index (χ0v) is 12.4. The smallest absolute Gasteiger partial charge is 0.238 e. The number of aryl methyl sites for hydroxylation is 2. The van der Waals surface area contributed by atoms with Crippen LogP contribution in [0.2, 0.25) is 0 Å². The molecule has 0 bridgehead atoms. The van der Waals surface area contributed by atoms with Crippen LogP contribution in [0.25, 0.3) is 0 Å². The van der Waals surface area contributed by atoms with Crippen molar-refractivity contribution in [2.24, 2.45) is 5.92 Å². The molecule has 0 radical (unpaired) electrons. The summed E-state index contributed by atoms with van der Waals surface area (Å²) in [5.41, 5.74) is 3.74. The summed E-state index contributed by atoms with van der Waals surface area (Å²) in [5.74, 6) is 0.752. The highest BCUT2D eigenvalue weighted by atomic mass is 16.2. The molecule has 1 heterocycles. The predicted molar refractivity (Wildman–Crippen MR) is 77.8 cm³/mol. The van der Waals surface area contributed by atoms with E-state index in [0.29, 0.717) is 12.5 Å². The number of carbonyl (C=O) groups is 1. The first-order valence-corrected chi connectivity index (χ1v) is 7.13. The largest absolute Gasteiger partial charge is 0.322 e. The first kappa shape index (κ1) is 14.1. The molecule has 1 aliphatic rings. The van der Waals surface area contributed by atoms with Gasteiger partial charge in [-0.25, -0.2) is 0 Å². The van der Waals surface area contributed by atoms with Crippen molar-refractivity contribution in [3.63, 3.8) is 0 Å². The molecule has 2 unspecified atom stereocenters. The van der Waals surface area contributed by atoms with Crippen molar-refractivity contribution in [3.05, 3.63) is 34.9 Å². The third-order valence-corrected chi connectivity index (χ3v) is 4.00. The Morgan fingerprint density at radius 2 is 2.16 bits per heavy atom. The Morgan fingerprint density at radius 1 is 1.42 bits per heavy atom. The first-order valence-electron chi connectivity index (χ1n) is 7.13. The summed E-state index contributed by atoms with van der Waals surface area (Å²) in [7, 11) is 0. The summed E-state index contributed by atoms with van der Waals surface area (Å²) >= 11 is 0. The number of rotatable bonds is 4. The molecule has 19 heavy (non-hydrogen) atoms. The van der Waals surface area contributed by atoms with Crippen LogP contribution in [0, 0.1) is 19.8 Å². The Kier molecular flexibility index (Phi) is 4.25. The van der Waals surface area contributed by atoms with Gasteiger partial charge in [-0.2, -0.15) is 0 Å². The minimum atomic E-state index is 0.0436. The van der Waals surface area contributed by atoms with E-state index in [9.17, 15) is 4.79 Å². The number of hydrogen-bond donors (Lipinski definition) is 1. The Morgan fingerprint density at radius 3 is 2.79 bits per heavy atom. The Hall–Kier alpha value is -1.35. The predicted octanol–water partition coefficient (Wildman–Crippen LogP) is 2.78. The third kappa shape index (κ3) is 2.98. The highest BCUT2D eigenvalue weighted by Crippen LogP contribution is 2.27. The van der Waals surface area contributed by atoms with Crippen LogP contribution in [0.4, 0.5) is 0 Å². The van der Waals surface area contributed by atoms with E-state index in [0.717, 1.165) is 13.0 Å². The molecule has 0 aliphatic carbocycles. The number of benzene rings is 1. The van der Waals surface area contributed by atoms with Crippen LogP contribution in [0.5, 0.6) is 0 Å². The molecule has 1 fully saturated rings. The van der Waals surface area contributed by atoms with Crippen LogP contribution < -0.4 is 5.32 Å². The zero-order valence-electron chi connectivity index (χ0n) is 12.4. The number of nitrogens with one attached hydrogen (secondary N) is 1. The van der Waals surface area contributed by atoms with Crippen LogP contribution >= 0.6 is 0 Å². The summed E-state index contributed by atoms with van der Waals surface area (Å²) < 4.78 is 0. The fraction of sp³-hybridized carbons (Fsp3) is 0.562. The lowest BCUT2D eigenvalue weighted by Crippen LogP contribution is -2.34. The van der Waals surface area contributed by atoms with Crippen molar-refractivity contribution in [3.8, 4) is 0 Å². The Bertz CT molecular complexity index is 470. The monoisotopic (exact) mass is 260 g/mol. The number of amides is 1. The quantitative estimate of drug-likeness (QED) is 0.903. The van der Waals surface area contributed by atoms with Crippen molar-refractivity contribution in [1.82, 2.24) is 10.2 Å². The van der Waals surface area contributed by atoms with E-state index in [1.807, 2.05) is 4.90 Å². The minimum Gasteiger partial charge on any atom is -0.322 e. The van der Waals surface area contributed by atoms with Gasteiger partial charge in [0.1, 0.15) is 6.17 Å². The molecule has 1 aromatic rings. The van der Waals surface area contributed by atoms with Gasteiger partial charge in [0.15, 0.2) is 0 Å². The van der Waals surface area contributed by atoms with Gasteiger partial charge in [-0.15, -0.1) is 0 Å². The molecule has 1 amide bonds. The molecule has 1 aromatic carbocycles. The summed E-state index contributed by atoms with van der Waals surface area (Å²) in [6.45, 7) is 9.87. The number of carbonyl (C=O) groups excluding carboxylic acids is 1. The van der Waals surface area contributed by atoms with Crippen LogP contribution in [-0.4, -0.2) is 23.9 Å². The molecule has 1 N–H and O–H groups in total. The summed E-state index contributed by atoms with van der Waals surface area (Å²) in [4.78, 5) is 14.0. The molecule has 0 aromatic heterocycles. The van der Waals surface area contributed by atoms with Crippen molar-refractivity contribution >= 4 is 5.91 Å². The van der Waals surface area contributed by atoms with E-state index in [4.69, 9.17) is 0 Å². The standard InChI is InChI=1S/C16H24N2O/c1-5-11(2)10-18-15(19)9-17-16(18)14-7-6-12(3)8-13(14)4/h6-8,11,16-17H,5,9-10H2,1-4H3. The lowest BCUT2D eigenvalue weighted by molar-refractivity contribution is -0.128. The topological polar surface area (TPSA) is 32.3 Å². The Labute approximate surface area is 116 Å².